The Morgan fingerprint density at radius 2 is 1.78 bits per heavy atom. The highest BCUT2D eigenvalue weighted by molar-refractivity contribution is 5.32. The summed E-state index contributed by atoms with van der Waals surface area (Å²) in [5.74, 6) is 0.745. The first-order chi connectivity index (χ1) is 8.47. The molecule has 4 heteroatoms. The first-order valence-corrected chi connectivity index (χ1v) is 6.83. The van der Waals surface area contributed by atoms with E-state index in [-0.39, 0.29) is 11.0 Å². The van der Waals surface area contributed by atoms with E-state index in [0.717, 1.165) is 24.7 Å². The van der Waals surface area contributed by atoms with Gasteiger partial charge in [0.1, 0.15) is 0 Å². The zero-order chi connectivity index (χ0) is 13.2. The molecule has 0 amide bonds. The van der Waals surface area contributed by atoms with Crippen molar-refractivity contribution < 1.29 is 0 Å². The fraction of sp³-hybridized carbons (Fsp3) is 0.714. The van der Waals surface area contributed by atoms with E-state index in [4.69, 9.17) is 0 Å². The van der Waals surface area contributed by atoms with Gasteiger partial charge in [0.25, 0.3) is 5.56 Å². The highest BCUT2D eigenvalue weighted by Gasteiger charge is 2.19. The number of anilines is 1. The lowest BCUT2D eigenvalue weighted by atomic mass is 9.92. The van der Waals surface area contributed by atoms with Crippen molar-refractivity contribution in [1.29, 1.82) is 0 Å². The molecule has 1 saturated heterocycles. The van der Waals surface area contributed by atoms with E-state index in [9.17, 15) is 4.79 Å². The Bertz CT molecular complexity index is 451. The average molecular weight is 249 g/mol. The predicted molar refractivity (Wildman–Crippen MR) is 74.2 cm³/mol. The van der Waals surface area contributed by atoms with Gasteiger partial charge in [0.05, 0.1) is 5.69 Å². The first-order valence-electron chi connectivity index (χ1n) is 6.83. The number of hydrogen-bond acceptors (Lipinski definition) is 3. The van der Waals surface area contributed by atoms with Crippen LogP contribution in [-0.2, 0) is 5.41 Å². The van der Waals surface area contributed by atoms with Crippen LogP contribution in [0.4, 0.5) is 5.95 Å². The number of aromatic nitrogens is 2. The maximum atomic E-state index is 11.8. The molecule has 0 spiro atoms. The summed E-state index contributed by atoms with van der Waals surface area (Å²) in [6, 6.07) is 1.61. The third kappa shape index (κ3) is 3.12. The standard InChI is InChI=1S/C14H23N3O/c1-14(2,3)11-10-12(18)16-13(15-11)17-8-6-4-5-7-9-17/h10H,4-9H2,1-3H3,(H,15,16,18). The van der Waals surface area contributed by atoms with Gasteiger partial charge in [-0.05, 0) is 12.8 Å². The van der Waals surface area contributed by atoms with Crippen LogP contribution in [0.1, 0.15) is 52.1 Å². The Labute approximate surface area is 108 Å². The molecule has 1 aliphatic heterocycles. The molecule has 0 bridgehead atoms. The largest absolute Gasteiger partial charge is 0.342 e. The molecule has 0 atom stereocenters. The van der Waals surface area contributed by atoms with Crippen LogP contribution >= 0.6 is 0 Å². The van der Waals surface area contributed by atoms with Crippen molar-refractivity contribution in [2.24, 2.45) is 0 Å². The number of rotatable bonds is 1. The van der Waals surface area contributed by atoms with Crippen molar-refractivity contribution in [3.63, 3.8) is 0 Å². The quantitative estimate of drug-likeness (QED) is 0.831. The molecule has 100 valence electrons. The van der Waals surface area contributed by atoms with Crippen LogP contribution < -0.4 is 10.5 Å². The minimum Gasteiger partial charge on any atom is -0.342 e. The molecule has 2 heterocycles. The fourth-order valence-electron chi connectivity index (χ4n) is 2.26. The van der Waals surface area contributed by atoms with Crippen LogP contribution in [0.15, 0.2) is 10.9 Å². The van der Waals surface area contributed by atoms with E-state index in [1.807, 2.05) is 0 Å². The molecule has 4 nitrogen and oxygen atoms in total. The Hall–Kier alpha value is -1.32. The van der Waals surface area contributed by atoms with Crippen LogP contribution in [0.2, 0.25) is 0 Å². The molecule has 1 fully saturated rings. The second-order valence-corrected chi connectivity index (χ2v) is 6.11. The Morgan fingerprint density at radius 1 is 1.17 bits per heavy atom. The maximum Gasteiger partial charge on any atom is 0.252 e. The van der Waals surface area contributed by atoms with E-state index >= 15 is 0 Å². The monoisotopic (exact) mass is 249 g/mol. The first kappa shape index (κ1) is 13.1. The number of H-pyrrole nitrogens is 1. The molecule has 0 radical (unpaired) electrons. The smallest absolute Gasteiger partial charge is 0.252 e. The lowest BCUT2D eigenvalue weighted by Gasteiger charge is -2.24. The molecule has 0 aliphatic carbocycles. The zero-order valence-corrected chi connectivity index (χ0v) is 11.6. The second-order valence-electron chi connectivity index (χ2n) is 6.11. The minimum atomic E-state index is -0.0884. The van der Waals surface area contributed by atoms with Gasteiger partial charge in [0.2, 0.25) is 5.95 Å². The van der Waals surface area contributed by atoms with Gasteiger partial charge in [-0.3, -0.25) is 9.78 Å². The van der Waals surface area contributed by atoms with Gasteiger partial charge in [0, 0.05) is 24.6 Å². The number of hydrogen-bond donors (Lipinski definition) is 1. The van der Waals surface area contributed by atoms with Crippen molar-refractivity contribution in [1.82, 2.24) is 9.97 Å². The summed E-state index contributed by atoms with van der Waals surface area (Å²) >= 11 is 0. The SMILES string of the molecule is CC(C)(C)c1cc(=O)[nH]c(N2CCCCCC2)n1. The van der Waals surface area contributed by atoms with E-state index in [1.54, 1.807) is 6.07 Å². The lowest BCUT2D eigenvalue weighted by Crippen LogP contribution is -2.30. The van der Waals surface area contributed by atoms with Crippen molar-refractivity contribution >= 4 is 5.95 Å². The van der Waals surface area contributed by atoms with Crippen LogP contribution in [0.25, 0.3) is 0 Å². The number of nitrogens with one attached hydrogen (secondary N) is 1. The highest BCUT2D eigenvalue weighted by Crippen LogP contribution is 2.21. The predicted octanol–water partition coefficient (Wildman–Crippen LogP) is 2.45. The van der Waals surface area contributed by atoms with E-state index in [2.05, 4.69) is 35.6 Å². The Balaban J connectivity index is 2.32. The van der Waals surface area contributed by atoms with E-state index in [1.165, 1.54) is 25.7 Å². The van der Waals surface area contributed by atoms with Gasteiger partial charge >= 0.3 is 0 Å². The van der Waals surface area contributed by atoms with Crippen molar-refractivity contribution in [2.75, 3.05) is 18.0 Å². The summed E-state index contributed by atoms with van der Waals surface area (Å²) in [6.45, 7) is 8.25. The van der Waals surface area contributed by atoms with Gasteiger partial charge in [0.15, 0.2) is 0 Å². The summed E-state index contributed by atoms with van der Waals surface area (Å²) in [5, 5.41) is 0. The third-order valence-corrected chi connectivity index (χ3v) is 3.40. The molecule has 18 heavy (non-hydrogen) atoms. The number of nitrogens with zero attached hydrogens (tertiary/aromatic N) is 2. The van der Waals surface area contributed by atoms with Gasteiger partial charge in [-0.2, -0.15) is 0 Å². The maximum absolute atomic E-state index is 11.8. The summed E-state index contributed by atoms with van der Waals surface area (Å²) in [4.78, 5) is 21.5. The molecular weight excluding hydrogens is 226 g/mol. The van der Waals surface area contributed by atoms with E-state index < -0.39 is 0 Å². The lowest BCUT2D eigenvalue weighted by molar-refractivity contribution is 0.563. The molecule has 0 aromatic carbocycles. The van der Waals surface area contributed by atoms with Gasteiger partial charge in [-0.15, -0.1) is 0 Å². The summed E-state index contributed by atoms with van der Waals surface area (Å²) in [5.41, 5.74) is 0.731. The second kappa shape index (κ2) is 5.12. The summed E-state index contributed by atoms with van der Waals surface area (Å²) in [7, 11) is 0. The van der Waals surface area contributed by atoms with Crippen molar-refractivity contribution in [3.05, 3.63) is 22.1 Å². The molecule has 0 unspecified atom stereocenters. The number of aromatic amines is 1. The molecule has 1 aliphatic rings. The van der Waals surface area contributed by atoms with Crippen LogP contribution in [-0.4, -0.2) is 23.1 Å². The molecule has 1 aromatic rings. The molecule has 1 N–H and O–H groups in total. The topological polar surface area (TPSA) is 49.0 Å². The minimum absolute atomic E-state index is 0.0471. The zero-order valence-electron chi connectivity index (χ0n) is 11.6. The van der Waals surface area contributed by atoms with Crippen molar-refractivity contribution in [3.8, 4) is 0 Å². The fourth-order valence-corrected chi connectivity index (χ4v) is 2.26. The third-order valence-electron chi connectivity index (χ3n) is 3.40. The molecule has 2 rings (SSSR count). The average Bonchev–Trinajstić information content (AvgIpc) is 2.55. The highest BCUT2D eigenvalue weighted by atomic mass is 16.1. The normalized spacial score (nSPS) is 17.6. The Morgan fingerprint density at radius 3 is 2.33 bits per heavy atom. The Kier molecular flexibility index (Phi) is 3.73. The summed E-state index contributed by atoms with van der Waals surface area (Å²) in [6.07, 6.45) is 4.92. The van der Waals surface area contributed by atoms with Crippen LogP contribution in [0.3, 0.4) is 0 Å². The van der Waals surface area contributed by atoms with E-state index in [0.29, 0.717) is 0 Å². The van der Waals surface area contributed by atoms with Gasteiger partial charge in [-0.1, -0.05) is 33.6 Å². The van der Waals surface area contributed by atoms with Crippen molar-refractivity contribution in [2.45, 2.75) is 51.9 Å². The summed E-state index contributed by atoms with van der Waals surface area (Å²) < 4.78 is 0. The van der Waals surface area contributed by atoms with Gasteiger partial charge in [-0.25, -0.2) is 4.98 Å². The van der Waals surface area contributed by atoms with Crippen LogP contribution in [0, 0.1) is 0 Å². The molecular formula is C14H23N3O. The van der Waals surface area contributed by atoms with Gasteiger partial charge < -0.3 is 4.90 Å². The van der Waals surface area contributed by atoms with Crippen LogP contribution in [0.5, 0.6) is 0 Å². The molecule has 1 aromatic heterocycles. The molecule has 0 saturated carbocycles.